The predicted molar refractivity (Wildman–Crippen MR) is 121 cm³/mol. The SMILES string of the molecule is C=C1/C(=C/C=C2\CCC[C@]3(C)[C@@H]([C@H](C)OC[C@H](O)C(C)C)CC[C@@H]23)C[C@@H](O)C[C@@H]1O. The van der Waals surface area contributed by atoms with Crippen LogP contribution in [0.5, 0.6) is 0 Å². The molecule has 4 nitrogen and oxygen atoms in total. The Kier molecular flexibility index (Phi) is 7.66. The summed E-state index contributed by atoms with van der Waals surface area (Å²) in [5, 5.41) is 30.3. The van der Waals surface area contributed by atoms with E-state index in [0.29, 0.717) is 31.3 Å². The van der Waals surface area contributed by atoms with Crippen LogP contribution in [0.1, 0.15) is 72.6 Å². The van der Waals surface area contributed by atoms with Gasteiger partial charge in [0, 0.05) is 6.42 Å². The van der Waals surface area contributed by atoms with E-state index in [1.165, 1.54) is 24.8 Å². The van der Waals surface area contributed by atoms with Crippen molar-refractivity contribution < 1.29 is 20.1 Å². The molecule has 0 spiro atoms. The lowest BCUT2D eigenvalue weighted by atomic mass is 9.62. The summed E-state index contributed by atoms with van der Waals surface area (Å²) in [5.74, 6) is 1.28. The molecule has 3 aliphatic carbocycles. The second-order valence-corrected chi connectivity index (χ2v) is 10.5. The highest BCUT2D eigenvalue weighted by Gasteiger charge is 2.51. The maximum atomic E-state index is 10.1. The van der Waals surface area contributed by atoms with Gasteiger partial charge in [0.05, 0.1) is 31.0 Å². The van der Waals surface area contributed by atoms with Crippen molar-refractivity contribution in [2.45, 2.75) is 97.1 Å². The molecule has 3 rings (SSSR count). The third-order valence-electron chi connectivity index (χ3n) is 8.17. The Bertz CT molecular complexity index is 679. The smallest absolute Gasteiger partial charge is 0.0811 e. The summed E-state index contributed by atoms with van der Waals surface area (Å²) in [6, 6.07) is 0. The first-order chi connectivity index (χ1) is 14.1. The molecule has 0 amide bonds. The average molecular weight is 419 g/mol. The van der Waals surface area contributed by atoms with Gasteiger partial charge < -0.3 is 20.1 Å². The van der Waals surface area contributed by atoms with Gasteiger partial charge in [-0.3, -0.25) is 0 Å². The quantitative estimate of drug-likeness (QED) is 0.592. The highest BCUT2D eigenvalue weighted by molar-refractivity contribution is 5.38. The molecule has 0 aromatic rings. The lowest BCUT2D eigenvalue weighted by Gasteiger charge is -2.44. The number of allylic oxidation sites excluding steroid dienone is 3. The van der Waals surface area contributed by atoms with Crippen molar-refractivity contribution >= 4 is 0 Å². The fourth-order valence-electron chi connectivity index (χ4n) is 6.07. The van der Waals surface area contributed by atoms with Crippen molar-refractivity contribution in [3.05, 3.63) is 35.5 Å². The monoisotopic (exact) mass is 418 g/mol. The third-order valence-corrected chi connectivity index (χ3v) is 8.17. The van der Waals surface area contributed by atoms with E-state index in [4.69, 9.17) is 4.74 Å². The number of hydrogen-bond acceptors (Lipinski definition) is 4. The number of fused-ring (bicyclic) bond motifs is 1. The van der Waals surface area contributed by atoms with Gasteiger partial charge >= 0.3 is 0 Å². The summed E-state index contributed by atoms with van der Waals surface area (Å²) in [6.07, 6.45) is 9.82. The molecule has 0 heterocycles. The summed E-state index contributed by atoms with van der Waals surface area (Å²) in [5.41, 5.74) is 3.46. The minimum atomic E-state index is -0.634. The van der Waals surface area contributed by atoms with Gasteiger partial charge in [-0.15, -0.1) is 0 Å². The van der Waals surface area contributed by atoms with Gasteiger partial charge in [-0.25, -0.2) is 0 Å². The summed E-state index contributed by atoms with van der Waals surface area (Å²) in [7, 11) is 0. The normalized spacial score (nSPS) is 39.5. The van der Waals surface area contributed by atoms with E-state index in [9.17, 15) is 15.3 Å². The molecular weight excluding hydrogens is 376 g/mol. The van der Waals surface area contributed by atoms with Crippen LogP contribution in [0.25, 0.3) is 0 Å². The van der Waals surface area contributed by atoms with Crippen LogP contribution in [0.4, 0.5) is 0 Å². The molecule has 0 aliphatic heterocycles. The van der Waals surface area contributed by atoms with Crippen LogP contribution in [0.2, 0.25) is 0 Å². The van der Waals surface area contributed by atoms with Crippen molar-refractivity contribution in [1.82, 2.24) is 0 Å². The molecule has 0 unspecified atom stereocenters. The first-order valence-corrected chi connectivity index (χ1v) is 11.9. The molecule has 4 heteroatoms. The van der Waals surface area contributed by atoms with Crippen molar-refractivity contribution in [2.75, 3.05) is 6.61 Å². The maximum Gasteiger partial charge on any atom is 0.0811 e. The van der Waals surface area contributed by atoms with Gasteiger partial charge in [0.15, 0.2) is 0 Å². The molecule has 0 bridgehead atoms. The zero-order chi connectivity index (χ0) is 22.1. The molecule has 170 valence electrons. The van der Waals surface area contributed by atoms with Crippen LogP contribution >= 0.6 is 0 Å². The Morgan fingerprint density at radius 1 is 1.20 bits per heavy atom. The molecule has 3 N–H and O–H groups in total. The van der Waals surface area contributed by atoms with Gasteiger partial charge in [-0.1, -0.05) is 45.1 Å². The van der Waals surface area contributed by atoms with Crippen LogP contribution in [0.15, 0.2) is 35.5 Å². The molecule has 0 radical (unpaired) electrons. The molecule has 3 aliphatic rings. The van der Waals surface area contributed by atoms with Crippen LogP contribution in [0.3, 0.4) is 0 Å². The summed E-state index contributed by atoms with van der Waals surface area (Å²) >= 11 is 0. The van der Waals surface area contributed by atoms with E-state index in [-0.39, 0.29) is 17.4 Å². The number of hydrogen-bond donors (Lipinski definition) is 3. The first-order valence-electron chi connectivity index (χ1n) is 11.9. The average Bonchev–Trinajstić information content (AvgIpc) is 3.04. The van der Waals surface area contributed by atoms with Crippen molar-refractivity contribution in [1.29, 1.82) is 0 Å². The highest BCUT2D eigenvalue weighted by Crippen LogP contribution is 2.58. The van der Waals surface area contributed by atoms with Crippen molar-refractivity contribution in [3.8, 4) is 0 Å². The molecular formula is C26H42O4. The topological polar surface area (TPSA) is 69.9 Å². The Balaban J connectivity index is 1.72. The number of aliphatic hydroxyl groups is 3. The second-order valence-electron chi connectivity index (χ2n) is 10.5. The molecule has 3 saturated carbocycles. The minimum Gasteiger partial charge on any atom is -0.393 e. The maximum absolute atomic E-state index is 10.1. The summed E-state index contributed by atoms with van der Waals surface area (Å²) in [6.45, 7) is 13.1. The van der Waals surface area contributed by atoms with Gasteiger partial charge in [0.1, 0.15) is 0 Å². The molecule has 0 aromatic carbocycles. The van der Waals surface area contributed by atoms with Crippen LogP contribution in [0, 0.1) is 23.2 Å². The number of rotatable bonds is 6. The largest absolute Gasteiger partial charge is 0.393 e. The fourth-order valence-corrected chi connectivity index (χ4v) is 6.07. The van der Waals surface area contributed by atoms with E-state index in [2.05, 4.69) is 32.6 Å². The minimum absolute atomic E-state index is 0.148. The van der Waals surface area contributed by atoms with E-state index < -0.39 is 18.3 Å². The number of aliphatic hydroxyl groups excluding tert-OH is 3. The lowest BCUT2D eigenvalue weighted by molar-refractivity contribution is -0.0651. The third kappa shape index (κ3) is 4.93. The van der Waals surface area contributed by atoms with E-state index in [1.54, 1.807) is 0 Å². The highest BCUT2D eigenvalue weighted by atomic mass is 16.5. The van der Waals surface area contributed by atoms with E-state index >= 15 is 0 Å². The first kappa shape index (κ1) is 23.7. The van der Waals surface area contributed by atoms with E-state index in [1.807, 2.05) is 13.8 Å². The van der Waals surface area contributed by atoms with Gasteiger partial charge in [0.25, 0.3) is 0 Å². The van der Waals surface area contributed by atoms with Gasteiger partial charge in [-0.05, 0) is 79.8 Å². The Labute approximate surface area is 182 Å². The Morgan fingerprint density at radius 2 is 1.93 bits per heavy atom. The van der Waals surface area contributed by atoms with Crippen LogP contribution < -0.4 is 0 Å². The standard InChI is InChI=1S/C26H42O4/c1-16(2)25(29)15-30-18(4)22-10-11-23-19(7-6-12-26(22,23)5)8-9-20-13-21(27)14-24(28)17(20)3/h8-9,16,18,21-25,27-29H,3,6-7,10-15H2,1-2,4-5H3/b19-8+,20-9+/t18-,21+,22+,23-,24-,25-,26+/m0/s1. The summed E-state index contributed by atoms with van der Waals surface area (Å²) in [4.78, 5) is 0. The fraction of sp³-hybridized carbons (Fsp3) is 0.769. The van der Waals surface area contributed by atoms with Gasteiger partial charge in [-0.2, -0.15) is 0 Å². The van der Waals surface area contributed by atoms with Crippen molar-refractivity contribution in [3.63, 3.8) is 0 Å². The van der Waals surface area contributed by atoms with Crippen LogP contribution in [-0.4, -0.2) is 46.3 Å². The second kappa shape index (κ2) is 9.68. The molecule has 0 saturated heterocycles. The molecule has 7 atom stereocenters. The van der Waals surface area contributed by atoms with Crippen molar-refractivity contribution in [2.24, 2.45) is 23.2 Å². The lowest BCUT2D eigenvalue weighted by Crippen LogP contribution is -2.39. The molecule has 30 heavy (non-hydrogen) atoms. The zero-order valence-electron chi connectivity index (χ0n) is 19.3. The molecule has 3 fully saturated rings. The van der Waals surface area contributed by atoms with Crippen LogP contribution in [-0.2, 0) is 4.74 Å². The van der Waals surface area contributed by atoms with Gasteiger partial charge in [0.2, 0.25) is 0 Å². The molecule has 0 aromatic heterocycles. The van der Waals surface area contributed by atoms with E-state index in [0.717, 1.165) is 24.0 Å². The zero-order valence-corrected chi connectivity index (χ0v) is 19.3. The Morgan fingerprint density at radius 3 is 2.63 bits per heavy atom. The number of ether oxygens (including phenoxy) is 1. The Hall–Kier alpha value is -0.940. The summed E-state index contributed by atoms with van der Waals surface area (Å²) < 4.78 is 6.14. The predicted octanol–water partition coefficient (Wildman–Crippen LogP) is 4.55.